The number of rotatable bonds is 3. The lowest BCUT2D eigenvalue weighted by atomic mass is 9.81. The van der Waals surface area contributed by atoms with Gasteiger partial charge in [0.2, 0.25) is 0 Å². The van der Waals surface area contributed by atoms with Gasteiger partial charge in [-0.15, -0.1) is 0 Å². The number of hydrogen-bond donors (Lipinski definition) is 0. The van der Waals surface area contributed by atoms with Gasteiger partial charge >= 0.3 is 6.09 Å². The van der Waals surface area contributed by atoms with Crippen molar-refractivity contribution >= 4 is 11.8 Å². The van der Waals surface area contributed by atoms with Crippen LogP contribution in [0.15, 0.2) is 18.2 Å². The maximum Gasteiger partial charge on any atom is 0.415 e. The molecule has 2 aliphatic heterocycles. The summed E-state index contributed by atoms with van der Waals surface area (Å²) >= 11 is 0. The number of nitrogens with zero attached hydrogens (tertiary/aromatic N) is 3. The topological polar surface area (TPSA) is 36.0 Å². The molecule has 1 aromatic carbocycles. The van der Waals surface area contributed by atoms with Crippen LogP contribution in [0, 0.1) is 0 Å². The van der Waals surface area contributed by atoms with Gasteiger partial charge in [-0.25, -0.2) is 4.79 Å². The van der Waals surface area contributed by atoms with E-state index in [1.54, 1.807) is 4.90 Å². The number of carbonyl (C=O) groups is 1. The summed E-state index contributed by atoms with van der Waals surface area (Å²) in [6.07, 6.45) is 1.23. The molecule has 2 atom stereocenters. The molecule has 0 N–H and O–H groups in total. The molecule has 0 radical (unpaired) electrons. The standard InChI is InChI=1S/C18H27N3O2/c1-6-21(7-2)17(22)23-13-8-9-15-14(12-13)18(3)10-11-19(4)16(18)20(15)5/h8-9,12,16H,6-7,10-11H2,1-5H3/t16?,18-/m0/s1. The number of hydrogen-bond acceptors (Lipinski definition) is 4. The Morgan fingerprint density at radius 1 is 1.35 bits per heavy atom. The molecule has 5 nitrogen and oxygen atoms in total. The first-order valence-corrected chi connectivity index (χ1v) is 8.46. The summed E-state index contributed by atoms with van der Waals surface area (Å²) in [6, 6.07) is 6.05. The average molecular weight is 317 g/mol. The molecular formula is C18H27N3O2. The monoisotopic (exact) mass is 317 g/mol. The highest BCUT2D eigenvalue weighted by molar-refractivity contribution is 5.72. The van der Waals surface area contributed by atoms with Crippen molar-refractivity contribution < 1.29 is 9.53 Å². The summed E-state index contributed by atoms with van der Waals surface area (Å²) in [5.74, 6) is 0.644. The summed E-state index contributed by atoms with van der Waals surface area (Å²) in [7, 11) is 4.33. The highest BCUT2D eigenvalue weighted by atomic mass is 16.6. The predicted octanol–water partition coefficient (Wildman–Crippen LogP) is 2.90. The molecule has 126 valence electrons. The zero-order valence-corrected chi connectivity index (χ0v) is 14.8. The van der Waals surface area contributed by atoms with Crippen LogP contribution >= 0.6 is 0 Å². The molecule has 0 aromatic heterocycles. The Balaban J connectivity index is 1.89. The van der Waals surface area contributed by atoms with Gasteiger partial charge in [-0.3, -0.25) is 4.90 Å². The van der Waals surface area contributed by atoms with E-state index in [0.29, 0.717) is 25.0 Å². The van der Waals surface area contributed by atoms with Crippen LogP contribution in [-0.4, -0.2) is 55.8 Å². The molecule has 2 aliphatic rings. The summed E-state index contributed by atoms with van der Waals surface area (Å²) < 4.78 is 5.59. The highest BCUT2D eigenvalue weighted by Crippen LogP contribution is 2.51. The number of fused-ring (bicyclic) bond motifs is 3. The van der Waals surface area contributed by atoms with E-state index in [1.807, 2.05) is 19.9 Å². The van der Waals surface area contributed by atoms with Gasteiger partial charge < -0.3 is 14.5 Å². The third-order valence-corrected chi connectivity index (χ3v) is 5.53. The van der Waals surface area contributed by atoms with Crippen LogP contribution in [0.25, 0.3) is 0 Å². The van der Waals surface area contributed by atoms with Gasteiger partial charge in [-0.2, -0.15) is 0 Å². The molecule has 0 spiro atoms. The van der Waals surface area contributed by atoms with E-state index < -0.39 is 0 Å². The van der Waals surface area contributed by atoms with Crippen molar-refractivity contribution in [2.45, 2.75) is 38.8 Å². The van der Waals surface area contributed by atoms with E-state index >= 15 is 0 Å². The summed E-state index contributed by atoms with van der Waals surface area (Å²) in [5.41, 5.74) is 2.63. The lowest BCUT2D eigenvalue weighted by Gasteiger charge is -2.32. The van der Waals surface area contributed by atoms with Crippen LogP contribution in [0.2, 0.25) is 0 Å². The van der Waals surface area contributed by atoms with Gasteiger partial charge in [0.15, 0.2) is 0 Å². The fraction of sp³-hybridized carbons (Fsp3) is 0.611. The number of likely N-dealkylation sites (tertiary alicyclic amines) is 1. The minimum atomic E-state index is -0.272. The first-order chi connectivity index (χ1) is 10.9. The van der Waals surface area contributed by atoms with Gasteiger partial charge in [-0.05, 0) is 51.1 Å². The van der Waals surface area contributed by atoms with Gasteiger partial charge in [-0.1, -0.05) is 6.92 Å². The summed E-state index contributed by atoms with van der Waals surface area (Å²) in [5, 5.41) is 0. The Morgan fingerprint density at radius 2 is 2.04 bits per heavy atom. The number of benzene rings is 1. The van der Waals surface area contributed by atoms with Crippen LogP contribution < -0.4 is 9.64 Å². The molecule has 23 heavy (non-hydrogen) atoms. The fourth-order valence-electron chi connectivity index (χ4n) is 4.27. The second-order valence-corrected chi connectivity index (χ2v) is 6.85. The smallest absolute Gasteiger partial charge is 0.410 e. The number of ether oxygens (including phenoxy) is 1. The Bertz CT molecular complexity index is 614. The van der Waals surface area contributed by atoms with Gasteiger partial charge in [0.05, 0.1) is 6.17 Å². The molecule has 2 heterocycles. The van der Waals surface area contributed by atoms with E-state index in [2.05, 4.69) is 43.0 Å². The van der Waals surface area contributed by atoms with Crippen LogP contribution in [-0.2, 0) is 5.41 Å². The number of likely N-dealkylation sites (N-methyl/N-ethyl adjacent to an activating group) is 2. The molecule has 0 aliphatic carbocycles. The molecule has 5 heteroatoms. The molecule has 3 rings (SSSR count). The SMILES string of the molecule is CCN(CC)C(=O)Oc1ccc2c(c1)[C@]1(C)CCN(C)C1N2C. The van der Waals surface area contributed by atoms with E-state index in [9.17, 15) is 4.79 Å². The number of amides is 1. The third kappa shape index (κ3) is 2.38. The zero-order chi connectivity index (χ0) is 16.8. The second kappa shape index (κ2) is 5.71. The van der Waals surface area contributed by atoms with Crippen molar-refractivity contribution in [3.8, 4) is 5.75 Å². The molecule has 0 saturated carbocycles. The Labute approximate surface area is 138 Å². The van der Waals surface area contributed by atoms with Crippen molar-refractivity contribution in [3.63, 3.8) is 0 Å². The fourth-order valence-corrected chi connectivity index (χ4v) is 4.27. The van der Waals surface area contributed by atoms with Gasteiger partial charge in [0.1, 0.15) is 5.75 Å². The van der Waals surface area contributed by atoms with E-state index in [0.717, 1.165) is 13.0 Å². The molecule has 1 aromatic rings. The Kier molecular flexibility index (Phi) is 4.00. The van der Waals surface area contributed by atoms with Crippen LogP contribution in [0.3, 0.4) is 0 Å². The second-order valence-electron chi connectivity index (χ2n) is 6.85. The number of carbonyl (C=O) groups excluding carboxylic acids is 1. The largest absolute Gasteiger partial charge is 0.415 e. The maximum absolute atomic E-state index is 12.2. The maximum atomic E-state index is 12.2. The van der Waals surface area contributed by atoms with Crippen LogP contribution in [0.1, 0.15) is 32.8 Å². The van der Waals surface area contributed by atoms with Crippen LogP contribution in [0.4, 0.5) is 10.5 Å². The van der Waals surface area contributed by atoms with Crippen molar-refractivity contribution in [1.29, 1.82) is 0 Å². The predicted molar refractivity (Wildman–Crippen MR) is 92.2 cm³/mol. The molecular weight excluding hydrogens is 290 g/mol. The van der Waals surface area contributed by atoms with Crippen molar-refractivity contribution in [2.75, 3.05) is 38.6 Å². The van der Waals surface area contributed by atoms with Crippen molar-refractivity contribution in [2.24, 2.45) is 0 Å². The van der Waals surface area contributed by atoms with Gasteiger partial charge in [0.25, 0.3) is 0 Å². The summed E-state index contributed by atoms with van der Waals surface area (Å²) in [6.45, 7) is 8.65. The molecule has 1 amide bonds. The average Bonchev–Trinajstić information content (AvgIpc) is 2.94. The van der Waals surface area contributed by atoms with E-state index in [4.69, 9.17) is 4.74 Å². The zero-order valence-electron chi connectivity index (χ0n) is 14.8. The number of anilines is 1. The van der Waals surface area contributed by atoms with E-state index in [1.165, 1.54) is 11.3 Å². The third-order valence-electron chi connectivity index (χ3n) is 5.53. The van der Waals surface area contributed by atoms with E-state index in [-0.39, 0.29) is 11.5 Å². The minimum Gasteiger partial charge on any atom is -0.410 e. The normalized spacial score (nSPS) is 26.1. The molecule has 0 bridgehead atoms. The molecule has 1 saturated heterocycles. The Hall–Kier alpha value is -1.75. The molecule has 1 unspecified atom stereocenters. The first kappa shape index (κ1) is 16.1. The highest BCUT2D eigenvalue weighted by Gasteiger charge is 2.52. The minimum absolute atomic E-state index is 0.0937. The first-order valence-electron chi connectivity index (χ1n) is 8.46. The lowest BCUT2D eigenvalue weighted by Crippen LogP contribution is -2.45. The van der Waals surface area contributed by atoms with Crippen molar-refractivity contribution in [1.82, 2.24) is 9.80 Å². The lowest BCUT2D eigenvalue weighted by molar-refractivity contribution is 0.157. The quantitative estimate of drug-likeness (QED) is 0.859. The molecule has 1 fully saturated rings. The Morgan fingerprint density at radius 3 is 2.70 bits per heavy atom. The van der Waals surface area contributed by atoms with Crippen LogP contribution in [0.5, 0.6) is 5.75 Å². The van der Waals surface area contributed by atoms with Crippen molar-refractivity contribution in [3.05, 3.63) is 23.8 Å². The van der Waals surface area contributed by atoms with Gasteiger partial charge in [0, 0.05) is 37.8 Å². The summed E-state index contributed by atoms with van der Waals surface area (Å²) in [4.78, 5) is 18.6.